The van der Waals surface area contributed by atoms with Crippen LogP contribution in [0.25, 0.3) is 0 Å². The average Bonchev–Trinajstić information content (AvgIpc) is 2.52. The van der Waals surface area contributed by atoms with Gasteiger partial charge in [-0.25, -0.2) is 0 Å². The van der Waals surface area contributed by atoms with Gasteiger partial charge in [-0.05, 0) is 47.5 Å². The van der Waals surface area contributed by atoms with E-state index in [0.29, 0.717) is 17.3 Å². The number of nitrogens with two attached hydrogens (primary N) is 1. The lowest BCUT2D eigenvalue weighted by molar-refractivity contribution is 0.659. The minimum absolute atomic E-state index is 0.586. The molecule has 1 heterocycles. The van der Waals surface area contributed by atoms with Crippen LogP contribution >= 0.6 is 27.5 Å². The summed E-state index contributed by atoms with van der Waals surface area (Å²) >= 11 is 9.40. The summed E-state index contributed by atoms with van der Waals surface area (Å²) in [5.74, 6) is 0. The first-order valence-electron chi connectivity index (χ1n) is 5.22. The van der Waals surface area contributed by atoms with E-state index in [0.717, 1.165) is 21.4 Å². The maximum absolute atomic E-state index is 5.89. The van der Waals surface area contributed by atoms with E-state index in [4.69, 9.17) is 17.3 Å². The second-order valence-corrected chi connectivity index (χ2v) is 5.20. The van der Waals surface area contributed by atoms with Crippen molar-refractivity contribution in [3.63, 3.8) is 0 Å². The summed E-state index contributed by atoms with van der Waals surface area (Å²) in [6.45, 7) is 4.70. The monoisotopic (exact) mass is 313 g/mol. The van der Waals surface area contributed by atoms with Crippen LogP contribution in [0.2, 0.25) is 5.02 Å². The smallest absolute Gasteiger partial charge is 0.0738 e. The first-order valence-corrected chi connectivity index (χ1v) is 6.39. The Morgan fingerprint density at radius 2 is 2.12 bits per heavy atom. The van der Waals surface area contributed by atoms with Gasteiger partial charge in [0, 0.05) is 0 Å². The van der Waals surface area contributed by atoms with Gasteiger partial charge in [-0.3, -0.25) is 4.68 Å². The number of aromatic nitrogens is 2. The number of nitrogens with zero attached hydrogens (tertiary/aromatic N) is 2. The fourth-order valence-corrected chi connectivity index (χ4v) is 2.10. The van der Waals surface area contributed by atoms with E-state index in [2.05, 4.69) is 21.0 Å². The number of anilines is 1. The van der Waals surface area contributed by atoms with E-state index in [1.165, 1.54) is 0 Å². The van der Waals surface area contributed by atoms with Crippen LogP contribution in [0.3, 0.4) is 0 Å². The predicted molar refractivity (Wildman–Crippen MR) is 74.4 cm³/mol. The number of nitrogen functional groups attached to an aromatic ring is 1. The van der Waals surface area contributed by atoms with Crippen molar-refractivity contribution in [2.75, 3.05) is 5.73 Å². The fourth-order valence-electron chi connectivity index (χ4n) is 1.69. The lowest BCUT2D eigenvalue weighted by Crippen LogP contribution is -2.04. The Kier molecular flexibility index (Phi) is 3.45. The van der Waals surface area contributed by atoms with E-state index in [1.807, 2.05) is 36.7 Å². The minimum Gasteiger partial charge on any atom is -0.398 e. The molecule has 1 aromatic carbocycles. The van der Waals surface area contributed by atoms with Crippen molar-refractivity contribution >= 4 is 33.2 Å². The highest BCUT2D eigenvalue weighted by Gasteiger charge is 2.09. The van der Waals surface area contributed by atoms with Crippen LogP contribution < -0.4 is 5.73 Å². The highest BCUT2D eigenvalue weighted by molar-refractivity contribution is 9.10. The molecule has 0 saturated heterocycles. The third kappa shape index (κ3) is 2.48. The Morgan fingerprint density at radius 1 is 1.41 bits per heavy atom. The normalized spacial score (nSPS) is 10.8. The highest BCUT2D eigenvalue weighted by atomic mass is 79.9. The lowest BCUT2D eigenvalue weighted by atomic mass is 10.2. The molecule has 2 rings (SSSR count). The van der Waals surface area contributed by atoms with Gasteiger partial charge < -0.3 is 5.73 Å². The zero-order chi connectivity index (χ0) is 12.6. The SMILES string of the molecule is Cc1nn(Cc2ccc(Cl)c(N)c2)c(C)c1Br. The molecule has 0 saturated carbocycles. The van der Waals surface area contributed by atoms with Gasteiger partial charge in [-0.1, -0.05) is 17.7 Å². The van der Waals surface area contributed by atoms with Gasteiger partial charge in [0.15, 0.2) is 0 Å². The molecular formula is C12H13BrClN3. The molecule has 5 heteroatoms. The third-order valence-corrected chi connectivity index (χ3v) is 4.18. The Hall–Kier alpha value is -1.00. The zero-order valence-electron chi connectivity index (χ0n) is 9.67. The quantitative estimate of drug-likeness (QED) is 0.862. The molecule has 2 N–H and O–H groups in total. The lowest BCUT2D eigenvalue weighted by Gasteiger charge is -2.06. The molecule has 0 fully saturated rings. The van der Waals surface area contributed by atoms with Gasteiger partial charge in [0.1, 0.15) is 0 Å². The van der Waals surface area contributed by atoms with Crippen molar-refractivity contribution in [2.24, 2.45) is 0 Å². The Morgan fingerprint density at radius 3 is 2.65 bits per heavy atom. The predicted octanol–water partition coefficient (Wildman–Crippen LogP) is 3.55. The van der Waals surface area contributed by atoms with Crippen molar-refractivity contribution in [2.45, 2.75) is 20.4 Å². The standard InChI is InChI=1S/C12H13BrClN3/c1-7-12(13)8(2)17(16-7)6-9-3-4-10(14)11(15)5-9/h3-5H,6,15H2,1-2H3. The molecular weight excluding hydrogens is 302 g/mol. The summed E-state index contributed by atoms with van der Waals surface area (Å²) in [7, 11) is 0. The zero-order valence-corrected chi connectivity index (χ0v) is 12.0. The van der Waals surface area contributed by atoms with Crippen molar-refractivity contribution < 1.29 is 0 Å². The van der Waals surface area contributed by atoms with Gasteiger partial charge in [-0.2, -0.15) is 5.10 Å². The van der Waals surface area contributed by atoms with E-state index in [-0.39, 0.29) is 0 Å². The Labute approximate surface area is 114 Å². The first kappa shape index (κ1) is 12.5. The molecule has 0 unspecified atom stereocenters. The van der Waals surface area contributed by atoms with Crippen LogP contribution in [0.5, 0.6) is 0 Å². The molecule has 0 amide bonds. The third-order valence-electron chi connectivity index (χ3n) is 2.69. The largest absolute Gasteiger partial charge is 0.398 e. The minimum atomic E-state index is 0.586. The number of rotatable bonds is 2. The number of halogens is 2. The average molecular weight is 315 g/mol. The summed E-state index contributed by atoms with van der Waals surface area (Å²) < 4.78 is 3.00. The first-order chi connectivity index (χ1) is 7.99. The number of aryl methyl sites for hydroxylation is 1. The fraction of sp³-hybridized carbons (Fsp3) is 0.250. The molecule has 0 spiro atoms. The Bertz CT molecular complexity index is 563. The molecule has 0 aliphatic carbocycles. The number of benzene rings is 1. The van der Waals surface area contributed by atoms with E-state index in [1.54, 1.807) is 0 Å². The van der Waals surface area contributed by atoms with Crippen LogP contribution in [0.1, 0.15) is 17.0 Å². The summed E-state index contributed by atoms with van der Waals surface area (Å²) in [4.78, 5) is 0. The second kappa shape index (κ2) is 4.70. The molecule has 90 valence electrons. The van der Waals surface area contributed by atoms with Crippen molar-refractivity contribution in [1.82, 2.24) is 9.78 Å². The van der Waals surface area contributed by atoms with Crippen molar-refractivity contribution in [1.29, 1.82) is 0 Å². The molecule has 0 atom stereocenters. The second-order valence-electron chi connectivity index (χ2n) is 4.00. The van der Waals surface area contributed by atoms with Gasteiger partial charge in [-0.15, -0.1) is 0 Å². The topological polar surface area (TPSA) is 43.8 Å². The summed E-state index contributed by atoms with van der Waals surface area (Å²) in [6, 6.07) is 5.66. The van der Waals surface area contributed by atoms with Crippen LogP contribution in [-0.2, 0) is 6.54 Å². The van der Waals surface area contributed by atoms with Gasteiger partial charge in [0.2, 0.25) is 0 Å². The highest BCUT2D eigenvalue weighted by Crippen LogP contribution is 2.23. The molecule has 3 nitrogen and oxygen atoms in total. The van der Waals surface area contributed by atoms with Crippen LogP contribution in [0.4, 0.5) is 5.69 Å². The van der Waals surface area contributed by atoms with Crippen molar-refractivity contribution in [3.05, 3.63) is 44.6 Å². The van der Waals surface area contributed by atoms with E-state index >= 15 is 0 Å². The maximum atomic E-state index is 5.89. The number of hydrogen-bond donors (Lipinski definition) is 1. The van der Waals surface area contributed by atoms with Crippen LogP contribution in [0.15, 0.2) is 22.7 Å². The Balaban J connectivity index is 2.31. The van der Waals surface area contributed by atoms with Crippen molar-refractivity contribution in [3.8, 4) is 0 Å². The number of hydrogen-bond acceptors (Lipinski definition) is 2. The van der Waals surface area contributed by atoms with E-state index < -0.39 is 0 Å². The molecule has 0 aliphatic rings. The summed E-state index contributed by atoms with van der Waals surface area (Å²) in [6.07, 6.45) is 0. The molecule has 0 aliphatic heterocycles. The molecule has 1 aromatic heterocycles. The van der Waals surface area contributed by atoms with Crippen LogP contribution in [0, 0.1) is 13.8 Å². The van der Waals surface area contributed by atoms with Gasteiger partial charge in [0.05, 0.1) is 33.1 Å². The summed E-state index contributed by atoms with van der Waals surface area (Å²) in [5.41, 5.74) is 9.56. The molecule has 0 radical (unpaired) electrons. The molecule has 2 aromatic rings. The van der Waals surface area contributed by atoms with Gasteiger partial charge in [0.25, 0.3) is 0 Å². The maximum Gasteiger partial charge on any atom is 0.0738 e. The van der Waals surface area contributed by atoms with E-state index in [9.17, 15) is 0 Å². The molecule has 0 bridgehead atoms. The van der Waals surface area contributed by atoms with Gasteiger partial charge >= 0.3 is 0 Å². The van der Waals surface area contributed by atoms with Crippen LogP contribution in [-0.4, -0.2) is 9.78 Å². The molecule has 17 heavy (non-hydrogen) atoms. The summed E-state index contributed by atoms with van der Waals surface area (Å²) in [5, 5.41) is 5.04.